The van der Waals surface area contributed by atoms with E-state index in [0.29, 0.717) is 32.6 Å². The van der Waals surface area contributed by atoms with Gasteiger partial charge in [-0.1, -0.05) is 11.8 Å². The molecular weight excluding hydrogens is 439 g/mol. The van der Waals surface area contributed by atoms with E-state index in [4.69, 9.17) is 9.15 Å². The van der Waals surface area contributed by atoms with Gasteiger partial charge < -0.3 is 14.5 Å². The first-order valence-electron chi connectivity index (χ1n) is 8.64. The summed E-state index contributed by atoms with van der Waals surface area (Å²) in [6.45, 7) is -1.24. The van der Waals surface area contributed by atoms with Gasteiger partial charge in [0.05, 0.1) is 0 Å². The minimum atomic E-state index is -2.55. The molecule has 0 unspecified atom stereocenters. The maximum atomic E-state index is 13.0. The molecule has 0 atom stereocenters. The van der Waals surface area contributed by atoms with Crippen molar-refractivity contribution in [2.75, 3.05) is 11.9 Å². The molecule has 162 valence electrons. The monoisotopic (exact) mass is 453 g/mol. The van der Waals surface area contributed by atoms with E-state index in [1.54, 1.807) is 0 Å². The third-order valence-electron chi connectivity index (χ3n) is 3.70. The van der Waals surface area contributed by atoms with Crippen LogP contribution in [-0.2, 0) is 20.9 Å². The third kappa shape index (κ3) is 6.47. The van der Waals surface area contributed by atoms with E-state index in [9.17, 15) is 27.6 Å². The van der Waals surface area contributed by atoms with Crippen molar-refractivity contribution in [2.45, 2.75) is 17.2 Å². The van der Waals surface area contributed by atoms with Crippen molar-refractivity contribution < 1.29 is 31.9 Å². The molecule has 31 heavy (non-hydrogen) atoms. The molecule has 12 heteroatoms. The number of hydrogen-bond donors (Lipinski definition) is 1. The predicted octanol–water partition coefficient (Wildman–Crippen LogP) is 3.14. The van der Waals surface area contributed by atoms with E-state index >= 15 is 0 Å². The van der Waals surface area contributed by atoms with Crippen molar-refractivity contribution in [2.24, 2.45) is 0 Å². The van der Waals surface area contributed by atoms with Gasteiger partial charge in [0.25, 0.3) is 11.7 Å². The zero-order valence-corrected chi connectivity index (χ0v) is 16.4. The Balaban J connectivity index is 1.50. The molecule has 0 saturated carbocycles. The van der Waals surface area contributed by atoms with Gasteiger partial charge >= 0.3 is 11.7 Å². The normalized spacial score (nSPS) is 10.8. The van der Waals surface area contributed by atoms with Crippen molar-refractivity contribution in [1.82, 2.24) is 9.78 Å². The van der Waals surface area contributed by atoms with Crippen LogP contribution in [0.4, 0.5) is 18.9 Å². The van der Waals surface area contributed by atoms with Gasteiger partial charge in [-0.2, -0.15) is 13.5 Å². The highest BCUT2D eigenvalue weighted by Gasteiger charge is 2.15. The van der Waals surface area contributed by atoms with E-state index in [1.165, 1.54) is 36.4 Å². The van der Waals surface area contributed by atoms with Gasteiger partial charge in [0.2, 0.25) is 5.89 Å². The quantitative estimate of drug-likeness (QED) is 0.413. The van der Waals surface area contributed by atoms with Crippen molar-refractivity contribution in [3.63, 3.8) is 0 Å². The van der Waals surface area contributed by atoms with Gasteiger partial charge in [-0.15, -0.1) is 5.10 Å². The first-order valence-corrected chi connectivity index (χ1v) is 9.52. The Morgan fingerprint density at radius 3 is 2.45 bits per heavy atom. The van der Waals surface area contributed by atoms with Crippen LogP contribution in [-0.4, -0.2) is 34.0 Å². The SMILES string of the molecule is O=C(COC(=O)Cn1nc(-c2ccc(F)cc2)oc1=O)Nc1ccc(SC(F)F)cc1. The number of amides is 1. The molecule has 0 spiro atoms. The van der Waals surface area contributed by atoms with Crippen LogP contribution in [0.2, 0.25) is 0 Å². The molecule has 0 fully saturated rings. The van der Waals surface area contributed by atoms with Gasteiger partial charge in [-0.05, 0) is 48.5 Å². The first kappa shape index (κ1) is 22.2. The number of ether oxygens (including phenoxy) is 1. The second-order valence-electron chi connectivity index (χ2n) is 5.95. The fraction of sp³-hybridized carbons (Fsp3) is 0.158. The summed E-state index contributed by atoms with van der Waals surface area (Å²) in [7, 11) is 0. The van der Waals surface area contributed by atoms with Crippen molar-refractivity contribution in [3.05, 3.63) is 64.9 Å². The molecule has 1 N–H and O–H groups in total. The van der Waals surface area contributed by atoms with Crippen molar-refractivity contribution >= 4 is 29.3 Å². The molecule has 1 aromatic heterocycles. The van der Waals surface area contributed by atoms with Crippen LogP contribution in [0.15, 0.2) is 62.6 Å². The summed E-state index contributed by atoms with van der Waals surface area (Å²) < 4.78 is 48.0. The Bertz CT molecular complexity index is 1110. The highest BCUT2D eigenvalue weighted by Crippen LogP contribution is 2.26. The molecule has 0 bridgehead atoms. The molecule has 0 aliphatic rings. The average Bonchev–Trinajstić information content (AvgIpc) is 3.08. The molecule has 1 amide bonds. The van der Waals surface area contributed by atoms with Crippen LogP contribution >= 0.6 is 11.8 Å². The molecule has 1 heterocycles. The Labute approximate surface area is 177 Å². The van der Waals surface area contributed by atoms with Crippen LogP contribution in [0.5, 0.6) is 0 Å². The minimum Gasteiger partial charge on any atom is -0.454 e. The second-order valence-corrected chi connectivity index (χ2v) is 7.01. The lowest BCUT2D eigenvalue weighted by atomic mass is 10.2. The summed E-state index contributed by atoms with van der Waals surface area (Å²) in [4.78, 5) is 35.9. The van der Waals surface area contributed by atoms with E-state index in [1.807, 2.05) is 0 Å². The van der Waals surface area contributed by atoms with Gasteiger partial charge in [-0.3, -0.25) is 9.59 Å². The maximum absolute atomic E-state index is 13.0. The number of nitrogens with zero attached hydrogens (tertiary/aromatic N) is 2. The van der Waals surface area contributed by atoms with E-state index in [-0.39, 0.29) is 5.89 Å². The van der Waals surface area contributed by atoms with Crippen LogP contribution < -0.4 is 11.1 Å². The standard InChI is InChI=1S/C19H14F3N3O5S/c20-12-3-1-11(2-4-12)17-24-25(19(28)30-17)9-16(27)29-10-15(26)23-13-5-7-14(8-6-13)31-18(21)22/h1-8,18H,9-10H2,(H,23,26). The molecule has 0 radical (unpaired) electrons. The number of carbonyl (C=O) groups excluding carboxylic acids is 2. The molecule has 0 aliphatic heterocycles. The molecule has 0 saturated heterocycles. The number of anilines is 1. The Morgan fingerprint density at radius 2 is 1.81 bits per heavy atom. The number of benzene rings is 2. The fourth-order valence-corrected chi connectivity index (χ4v) is 2.84. The summed E-state index contributed by atoms with van der Waals surface area (Å²) in [6, 6.07) is 10.7. The van der Waals surface area contributed by atoms with Gasteiger partial charge in [0, 0.05) is 16.1 Å². The van der Waals surface area contributed by atoms with Gasteiger partial charge in [-0.25, -0.2) is 9.18 Å². The zero-order valence-electron chi connectivity index (χ0n) is 15.6. The lowest BCUT2D eigenvalue weighted by molar-refractivity contribution is -0.148. The number of carbonyl (C=O) groups is 2. The largest absolute Gasteiger partial charge is 0.454 e. The highest BCUT2D eigenvalue weighted by molar-refractivity contribution is 7.99. The van der Waals surface area contributed by atoms with E-state index < -0.39 is 42.4 Å². The summed E-state index contributed by atoms with van der Waals surface area (Å²) >= 11 is 0.370. The zero-order chi connectivity index (χ0) is 22.4. The molecule has 2 aromatic carbocycles. The Kier molecular flexibility index (Phi) is 7.13. The molecular formula is C19H14F3N3O5S. The van der Waals surface area contributed by atoms with Crippen LogP contribution in [0.1, 0.15) is 0 Å². The Morgan fingerprint density at radius 1 is 1.13 bits per heavy atom. The summed E-state index contributed by atoms with van der Waals surface area (Å²) in [5.41, 5.74) is 0.666. The van der Waals surface area contributed by atoms with Crippen LogP contribution in [0.3, 0.4) is 0 Å². The lowest BCUT2D eigenvalue weighted by Gasteiger charge is -2.07. The maximum Gasteiger partial charge on any atom is 0.437 e. The third-order valence-corrected chi connectivity index (χ3v) is 4.43. The Hall–Kier alpha value is -3.54. The summed E-state index contributed by atoms with van der Waals surface area (Å²) in [5, 5.41) is 6.27. The van der Waals surface area contributed by atoms with E-state index in [0.717, 1.165) is 12.1 Å². The highest BCUT2D eigenvalue weighted by atomic mass is 32.2. The van der Waals surface area contributed by atoms with E-state index in [2.05, 4.69) is 10.4 Å². The topological polar surface area (TPSA) is 103 Å². The first-order chi connectivity index (χ1) is 14.8. The average molecular weight is 453 g/mol. The molecule has 8 nitrogen and oxygen atoms in total. The van der Waals surface area contributed by atoms with Crippen molar-refractivity contribution in [3.8, 4) is 11.5 Å². The number of nitrogens with one attached hydrogen (secondary N) is 1. The van der Waals surface area contributed by atoms with Crippen LogP contribution in [0, 0.1) is 5.82 Å². The fourth-order valence-electron chi connectivity index (χ4n) is 2.35. The molecule has 0 aliphatic carbocycles. The molecule has 3 rings (SSSR count). The lowest BCUT2D eigenvalue weighted by Crippen LogP contribution is -2.26. The minimum absolute atomic E-state index is 0.107. The number of hydrogen-bond acceptors (Lipinski definition) is 7. The summed E-state index contributed by atoms with van der Waals surface area (Å²) in [5.74, 6) is -5.65. The summed E-state index contributed by atoms with van der Waals surface area (Å²) in [6.07, 6.45) is 0. The smallest absolute Gasteiger partial charge is 0.437 e. The van der Waals surface area contributed by atoms with Gasteiger partial charge in [0.15, 0.2) is 6.61 Å². The molecule has 3 aromatic rings. The number of esters is 1. The number of thioether (sulfide) groups is 1. The predicted molar refractivity (Wildman–Crippen MR) is 104 cm³/mol. The van der Waals surface area contributed by atoms with Gasteiger partial charge in [0.1, 0.15) is 12.4 Å². The number of aromatic nitrogens is 2. The number of alkyl halides is 2. The second kappa shape index (κ2) is 9.98. The number of rotatable bonds is 8. The van der Waals surface area contributed by atoms with Crippen LogP contribution in [0.25, 0.3) is 11.5 Å². The number of halogens is 3. The van der Waals surface area contributed by atoms with Crippen molar-refractivity contribution in [1.29, 1.82) is 0 Å².